The van der Waals surface area contributed by atoms with Crippen molar-refractivity contribution in [1.82, 2.24) is 0 Å². The van der Waals surface area contributed by atoms with Gasteiger partial charge in [-0.25, -0.2) is 0 Å². The zero-order valence-corrected chi connectivity index (χ0v) is 15.0. The lowest BCUT2D eigenvalue weighted by molar-refractivity contribution is -0.122. The van der Waals surface area contributed by atoms with E-state index in [0.717, 1.165) is 16.7 Å². The molecule has 0 aliphatic heterocycles. The Morgan fingerprint density at radius 2 is 1.83 bits per heavy atom. The number of hydrogen-bond acceptors (Lipinski definition) is 2. The molecule has 122 valence electrons. The second-order valence-corrected chi connectivity index (χ2v) is 6.42. The van der Waals surface area contributed by atoms with Crippen molar-refractivity contribution in [2.75, 3.05) is 5.32 Å². The van der Waals surface area contributed by atoms with E-state index in [4.69, 9.17) is 27.9 Å². The van der Waals surface area contributed by atoms with Crippen molar-refractivity contribution < 1.29 is 9.53 Å². The van der Waals surface area contributed by atoms with Gasteiger partial charge >= 0.3 is 0 Å². The molecule has 0 aliphatic rings. The van der Waals surface area contributed by atoms with Gasteiger partial charge in [0.2, 0.25) is 0 Å². The summed E-state index contributed by atoms with van der Waals surface area (Å²) in [6.07, 6.45) is -0.651. The number of ether oxygens (including phenoxy) is 1. The standard InChI is InChI=1S/C18H19Cl2NO2/c1-10-7-11(2)12(3)17(8-10)23-13(4)18(22)21-16-6-5-14(19)9-15(16)20/h5-9,13H,1-4H3,(H,21,22). The fourth-order valence-corrected chi connectivity index (χ4v) is 2.65. The van der Waals surface area contributed by atoms with E-state index < -0.39 is 6.10 Å². The van der Waals surface area contributed by atoms with Crippen LogP contribution in [0.25, 0.3) is 0 Å². The van der Waals surface area contributed by atoms with Crippen LogP contribution >= 0.6 is 23.2 Å². The summed E-state index contributed by atoms with van der Waals surface area (Å²) >= 11 is 11.9. The SMILES string of the molecule is Cc1cc(C)c(C)c(OC(C)C(=O)Nc2ccc(Cl)cc2Cl)c1. The van der Waals surface area contributed by atoms with Gasteiger partial charge in [0.05, 0.1) is 10.7 Å². The Hall–Kier alpha value is -1.71. The van der Waals surface area contributed by atoms with Crippen LogP contribution in [-0.4, -0.2) is 12.0 Å². The van der Waals surface area contributed by atoms with E-state index in [1.165, 1.54) is 0 Å². The second-order valence-electron chi connectivity index (χ2n) is 5.58. The van der Waals surface area contributed by atoms with Crippen molar-refractivity contribution in [2.24, 2.45) is 0 Å². The summed E-state index contributed by atoms with van der Waals surface area (Å²) < 4.78 is 5.82. The van der Waals surface area contributed by atoms with Crippen LogP contribution in [0.3, 0.4) is 0 Å². The largest absolute Gasteiger partial charge is 0.481 e. The number of benzene rings is 2. The van der Waals surface area contributed by atoms with Gasteiger partial charge in [0.1, 0.15) is 5.75 Å². The summed E-state index contributed by atoms with van der Waals surface area (Å²) in [5, 5.41) is 3.66. The monoisotopic (exact) mass is 351 g/mol. The van der Waals surface area contributed by atoms with Crippen LogP contribution in [0.5, 0.6) is 5.75 Å². The quantitative estimate of drug-likeness (QED) is 0.808. The van der Waals surface area contributed by atoms with E-state index in [1.54, 1.807) is 25.1 Å². The minimum absolute atomic E-state index is 0.271. The molecule has 23 heavy (non-hydrogen) atoms. The first-order valence-corrected chi connectivity index (χ1v) is 8.04. The second kappa shape index (κ2) is 7.24. The van der Waals surface area contributed by atoms with E-state index in [2.05, 4.69) is 11.4 Å². The molecular formula is C18H19Cl2NO2. The molecular weight excluding hydrogens is 333 g/mol. The van der Waals surface area contributed by atoms with Gasteiger partial charge < -0.3 is 10.1 Å². The maximum atomic E-state index is 12.3. The first kappa shape index (κ1) is 17.6. The third-order valence-corrected chi connectivity index (χ3v) is 4.17. The Labute approximate surface area is 146 Å². The van der Waals surface area contributed by atoms with Crippen LogP contribution in [0.15, 0.2) is 30.3 Å². The lowest BCUT2D eigenvalue weighted by Gasteiger charge is -2.18. The van der Waals surface area contributed by atoms with Crippen LogP contribution in [0.1, 0.15) is 23.6 Å². The summed E-state index contributed by atoms with van der Waals surface area (Å²) in [6.45, 7) is 7.70. The fraction of sp³-hybridized carbons (Fsp3) is 0.278. The molecule has 1 amide bonds. The van der Waals surface area contributed by atoms with Crippen molar-refractivity contribution in [3.05, 3.63) is 57.1 Å². The Bertz CT molecular complexity index is 744. The van der Waals surface area contributed by atoms with Crippen LogP contribution < -0.4 is 10.1 Å². The number of rotatable bonds is 4. The molecule has 0 fully saturated rings. The van der Waals surface area contributed by atoms with Gasteiger partial charge in [-0.05, 0) is 68.7 Å². The van der Waals surface area contributed by atoms with Crippen LogP contribution in [0, 0.1) is 20.8 Å². The van der Waals surface area contributed by atoms with Crippen molar-refractivity contribution in [2.45, 2.75) is 33.8 Å². The van der Waals surface area contributed by atoms with Crippen molar-refractivity contribution in [3.8, 4) is 5.75 Å². The molecule has 0 aromatic heterocycles. The first-order valence-electron chi connectivity index (χ1n) is 7.28. The van der Waals surface area contributed by atoms with Gasteiger partial charge in [-0.2, -0.15) is 0 Å². The van der Waals surface area contributed by atoms with Gasteiger partial charge in [0.25, 0.3) is 5.91 Å². The highest BCUT2D eigenvalue weighted by Crippen LogP contribution is 2.27. The zero-order chi connectivity index (χ0) is 17.1. The van der Waals surface area contributed by atoms with Crippen LogP contribution in [-0.2, 0) is 4.79 Å². The molecule has 0 bridgehead atoms. The molecule has 2 aromatic carbocycles. The number of halogens is 2. The van der Waals surface area contributed by atoms with Gasteiger partial charge in [-0.1, -0.05) is 29.3 Å². The van der Waals surface area contributed by atoms with Gasteiger partial charge in [-0.3, -0.25) is 4.79 Å². The van der Waals surface area contributed by atoms with Crippen molar-refractivity contribution in [3.63, 3.8) is 0 Å². The number of aryl methyl sites for hydroxylation is 2. The molecule has 1 N–H and O–H groups in total. The van der Waals surface area contributed by atoms with Crippen molar-refractivity contribution >= 4 is 34.8 Å². The molecule has 1 unspecified atom stereocenters. The van der Waals surface area contributed by atoms with Gasteiger partial charge in [-0.15, -0.1) is 0 Å². The molecule has 0 saturated heterocycles. The summed E-state index contributed by atoms with van der Waals surface area (Å²) in [5.41, 5.74) is 3.76. The predicted octanol–water partition coefficient (Wildman–Crippen LogP) is 5.32. The third-order valence-electron chi connectivity index (χ3n) is 3.63. The normalized spacial score (nSPS) is 11.9. The van der Waals surface area contributed by atoms with E-state index >= 15 is 0 Å². The highest BCUT2D eigenvalue weighted by atomic mass is 35.5. The lowest BCUT2D eigenvalue weighted by atomic mass is 10.1. The number of amides is 1. The highest BCUT2D eigenvalue weighted by Gasteiger charge is 2.17. The smallest absolute Gasteiger partial charge is 0.265 e. The molecule has 2 rings (SSSR count). The minimum Gasteiger partial charge on any atom is -0.481 e. The molecule has 3 nitrogen and oxygen atoms in total. The van der Waals surface area contributed by atoms with E-state index in [1.807, 2.05) is 26.8 Å². The van der Waals surface area contributed by atoms with E-state index in [0.29, 0.717) is 21.5 Å². The third kappa shape index (κ3) is 4.40. The predicted molar refractivity (Wildman–Crippen MR) is 95.8 cm³/mol. The summed E-state index contributed by atoms with van der Waals surface area (Å²) in [5.74, 6) is 0.445. The van der Waals surface area contributed by atoms with Gasteiger partial charge in [0, 0.05) is 5.02 Å². The maximum absolute atomic E-state index is 12.3. The maximum Gasteiger partial charge on any atom is 0.265 e. The molecule has 0 radical (unpaired) electrons. The average Bonchev–Trinajstić information content (AvgIpc) is 2.47. The Morgan fingerprint density at radius 3 is 2.48 bits per heavy atom. The topological polar surface area (TPSA) is 38.3 Å². The average molecular weight is 352 g/mol. The molecule has 0 saturated carbocycles. The van der Waals surface area contributed by atoms with Gasteiger partial charge in [0.15, 0.2) is 6.10 Å². The molecule has 5 heteroatoms. The number of carbonyl (C=O) groups is 1. The number of hydrogen-bond donors (Lipinski definition) is 1. The van der Waals surface area contributed by atoms with Crippen molar-refractivity contribution in [1.29, 1.82) is 0 Å². The lowest BCUT2D eigenvalue weighted by Crippen LogP contribution is -2.30. The Balaban J connectivity index is 2.11. The number of anilines is 1. The molecule has 0 heterocycles. The van der Waals surface area contributed by atoms with E-state index in [-0.39, 0.29) is 5.91 Å². The van der Waals surface area contributed by atoms with E-state index in [9.17, 15) is 4.79 Å². The number of carbonyl (C=O) groups excluding carboxylic acids is 1. The highest BCUT2D eigenvalue weighted by molar-refractivity contribution is 6.36. The van der Waals surface area contributed by atoms with Crippen LogP contribution in [0.4, 0.5) is 5.69 Å². The number of nitrogens with one attached hydrogen (secondary N) is 1. The Morgan fingerprint density at radius 1 is 1.13 bits per heavy atom. The molecule has 1 atom stereocenters. The molecule has 2 aromatic rings. The zero-order valence-electron chi connectivity index (χ0n) is 13.5. The fourth-order valence-electron chi connectivity index (χ4n) is 2.19. The first-order chi connectivity index (χ1) is 10.8. The Kier molecular flexibility index (Phi) is 5.55. The summed E-state index contributed by atoms with van der Waals surface area (Å²) in [6, 6.07) is 8.93. The summed E-state index contributed by atoms with van der Waals surface area (Å²) in [7, 11) is 0. The molecule has 0 aliphatic carbocycles. The molecule has 0 spiro atoms. The van der Waals surface area contributed by atoms with Crippen LogP contribution in [0.2, 0.25) is 10.0 Å². The minimum atomic E-state index is -0.651. The summed E-state index contributed by atoms with van der Waals surface area (Å²) in [4.78, 5) is 12.3.